The second-order valence-electron chi connectivity index (χ2n) is 8.30. The van der Waals surface area contributed by atoms with E-state index in [0.29, 0.717) is 44.8 Å². The molecule has 0 aliphatic carbocycles. The van der Waals surface area contributed by atoms with Crippen molar-refractivity contribution in [3.8, 4) is 11.5 Å². The molecular weight excluding hydrogens is 470 g/mol. The van der Waals surface area contributed by atoms with Gasteiger partial charge in [0.15, 0.2) is 0 Å². The van der Waals surface area contributed by atoms with Crippen molar-refractivity contribution >= 4 is 32.3 Å². The Bertz CT molecular complexity index is 1170. The number of sulfonamides is 1. The molecule has 33 heavy (non-hydrogen) atoms. The second kappa shape index (κ2) is 8.92. The summed E-state index contributed by atoms with van der Waals surface area (Å²) in [4.78, 5) is 25.6. The van der Waals surface area contributed by atoms with Gasteiger partial charge in [0, 0.05) is 37.6 Å². The third-order valence-corrected chi connectivity index (χ3v) is 9.32. The van der Waals surface area contributed by atoms with Gasteiger partial charge in [-0.1, -0.05) is 17.4 Å². The number of likely N-dealkylation sites (tertiary alicyclic amines) is 1. The number of ether oxygens (including phenoxy) is 2. The average molecular weight is 496 g/mol. The fraction of sp³-hybridized carbons (Fsp3) is 0.476. The van der Waals surface area contributed by atoms with Gasteiger partial charge < -0.3 is 14.4 Å². The Morgan fingerprint density at radius 1 is 1.15 bits per heavy atom. The predicted octanol–water partition coefficient (Wildman–Crippen LogP) is 2.99. The van der Waals surface area contributed by atoms with Gasteiger partial charge >= 0.3 is 5.00 Å². The van der Waals surface area contributed by atoms with Crippen LogP contribution in [-0.4, -0.2) is 68.9 Å². The first kappa shape index (κ1) is 23.5. The van der Waals surface area contributed by atoms with Crippen LogP contribution >= 0.6 is 11.3 Å². The minimum atomic E-state index is -3.63. The smallest absolute Gasteiger partial charge is 0.366 e. The van der Waals surface area contributed by atoms with E-state index in [2.05, 4.69) is 0 Å². The Balaban J connectivity index is 1.44. The molecule has 2 saturated heterocycles. The van der Waals surface area contributed by atoms with Crippen LogP contribution in [0.5, 0.6) is 11.5 Å². The Morgan fingerprint density at radius 3 is 2.48 bits per heavy atom. The molecule has 0 saturated carbocycles. The summed E-state index contributed by atoms with van der Waals surface area (Å²) in [6.07, 6.45) is 2.04. The largest absolute Gasteiger partial charge is 0.497 e. The maximum Gasteiger partial charge on any atom is 0.366 e. The van der Waals surface area contributed by atoms with Crippen LogP contribution in [-0.2, 0) is 10.0 Å². The molecule has 0 radical (unpaired) electrons. The zero-order chi connectivity index (χ0) is 23.8. The minimum Gasteiger partial charge on any atom is -0.497 e. The lowest BCUT2D eigenvalue weighted by Crippen LogP contribution is -2.44. The van der Waals surface area contributed by atoms with E-state index in [1.807, 2.05) is 0 Å². The van der Waals surface area contributed by atoms with Crippen molar-refractivity contribution < 1.29 is 27.6 Å². The number of hydrogen-bond donors (Lipinski definition) is 0. The van der Waals surface area contributed by atoms with E-state index in [9.17, 15) is 23.3 Å². The van der Waals surface area contributed by atoms with Crippen molar-refractivity contribution in [1.29, 1.82) is 0 Å². The third kappa shape index (κ3) is 4.30. The van der Waals surface area contributed by atoms with Gasteiger partial charge in [0.05, 0.1) is 29.6 Å². The SMILES string of the molecule is COc1cccc(S(=O)(=O)N2CCC3(CCN(C(=O)c4csc([N+](=O)[O-])c4OC)C3)CC2)c1. The van der Waals surface area contributed by atoms with E-state index in [0.717, 1.165) is 17.8 Å². The van der Waals surface area contributed by atoms with E-state index in [4.69, 9.17) is 9.47 Å². The molecule has 178 valence electrons. The summed E-state index contributed by atoms with van der Waals surface area (Å²) in [5.41, 5.74) is 0.0370. The molecule has 1 aromatic carbocycles. The van der Waals surface area contributed by atoms with Gasteiger partial charge in [-0.25, -0.2) is 8.42 Å². The minimum absolute atomic E-state index is 0.00449. The predicted molar refractivity (Wildman–Crippen MR) is 121 cm³/mol. The number of methoxy groups -OCH3 is 2. The fourth-order valence-corrected chi connectivity index (χ4v) is 6.91. The van der Waals surface area contributed by atoms with Crippen LogP contribution in [0.2, 0.25) is 0 Å². The topological polar surface area (TPSA) is 119 Å². The van der Waals surface area contributed by atoms with Crippen molar-refractivity contribution in [3.63, 3.8) is 0 Å². The summed E-state index contributed by atoms with van der Waals surface area (Å²) in [6.45, 7) is 1.75. The molecule has 2 fully saturated rings. The van der Waals surface area contributed by atoms with Crippen molar-refractivity contribution in [3.05, 3.63) is 45.3 Å². The molecular formula is C21H25N3O7S2. The summed E-state index contributed by atoms with van der Waals surface area (Å²) < 4.78 is 37.9. The first-order valence-electron chi connectivity index (χ1n) is 10.4. The molecule has 0 unspecified atom stereocenters. The molecule has 12 heteroatoms. The van der Waals surface area contributed by atoms with Crippen molar-refractivity contribution in [2.45, 2.75) is 24.2 Å². The number of nitro groups is 1. The van der Waals surface area contributed by atoms with Crippen LogP contribution in [0.15, 0.2) is 34.5 Å². The van der Waals surface area contributed by atoms with Crippen LogP contribution in [0.25, 0.3) is 0 Å². The molecule has 2 aliphatic rings. The number of benzene rings is 1. The molecule has 1 amide bonds. The highest BCUT2D eigenvalue weighted by molar-refractivity contribution is 7.89. The zero-order valence-electron chi connectivity index (χ0n) is 18.4. The summed E-state index contributed by atoms with van der Waals surface area (Å²) in [5, 5.41) is 12.5. The summed E-state index contributed by atoms with van der Waals surface area (Å²) in [5.74, 6) is 0.188. The number of nitrogens with zero attached hydrogens (tertiary/aromatic N) is 3. The van der Waals surface area contributed by atoms with Gasteiger partial charge in [-0.15, -0.1) is 0 Å². The number of hydrogen-bond acceptors (Lipinski definition) is 8. The standard InChI is InChI=1S/C21H25N3O7S2/c1-30-15-4-3-5-16(12-15)33(28,29)23-10-7-21(8-11-23)6-9-22(14-21)19(25)17-13-32-20(24(26)27)18(17)31-2/h3-5,12-13H,6-11,14H2,1-2H3. The highest BCUT2D eigenvalue weighted by Crippen LogP contribution is 2.44. The Labute approximate surface area is 195 Å². The number of rotatable bonds is 6. The van der Waals surface area contributed by atoms with E-state index in [1.54, 1.807) is 23.1 Å². The normalized spacial score (nSPS) is 18.4. The third-order valence-electron chi connectivity index (χ3n) is 6.52. The summed E-state index contributed by atoms with van der Waals surface area (Å²) >= 11 is 0.873. The molecule has 0 N–H and O–H groups in total. The summed E-state index contributed by atoms with van der Waals surface area (Å²) in [7, 11) is -0.826. The Kier molecular flexibility index (Phi) is 6.34. The van der Waals surface area contributed by atoms with Crippen LogP contribution < -0.4 is 9.47 Å². The number of amides is 1. The molecule has 0 bridgehead atoms. The quantitative estimate of drug-likeness (QED) is 0.446. The second-order valence-corrected chi connectivity index (χ2v) is 11.1. The summed E-state index contributed by atoms with van der Waals surface area (Å²) in [6, 6.07) is 6.43. The van der Waals surface area contributed by atoms with Gasteiger partial charge in [-0.2, -0.15) is 4.31 Å². The van der Waals surface area contributed by atoms with Gasteiger partial charge in [-0.05, 0) is 36.8 Å². The lowest BCUT2D eigenvalue weighted by Gasteiger charge is -2.38. The van der Waals surface area contributed by atoms with Crippen LogP contribution in [0.3, 0.4) is 0 Å². The number of carbonyl (C=O) groups excluding carboxylic acids is 1. The zero-order valence-corrected chi connectivity index (χ0v) is 20.0. The molecule has 2 aromatic rings. The molecule has 0 atom stereocenters. The highest BCUT2D eigenvalue weighted by Gasteiger charge is 2.45. The van der Waals surface area contributed by atoms with Crippen LogP contribution in [0.4, 0.5) is 5.00 Å². The molecule has 10 nitrogen and oxygen atoms in total. The Hall–Kier alpha value is -2.70. The van der Waals surface area contributed by atoms with E-state index >= 15 is 0 Å². The van der Waals surface area contributed by atoms with Crippen LogP contribution in [0, 0.1) is 15.5 Å². The molecule has 2 aliphatic heterocycles. The van der Waals surface area contributed by atoms with Crippen LogP contribution in [0.1, 0.15) is 29.6 Å². The molecule has 1 aromatic heterocycles. The van der Waals surface area contributed by atoms with Gasteiger partial charge in [0.2, 0.25) is 15.8 Å². The first-order valence-corrected chi connectivity index (χ1v) is 12.8. The van der Waals surface area contributed by atoms with Gasteiger partial charge in [0.25, 0.3) is 5.91 Å². The van der Waals surface area contributed by atoms with Crippen molar-refractivity contribution in [2.24, 2.45) is 5.41 Å². The maximum absolute atomic E-state index is 13.1. The average Bonchev–Trinajstić information content (AvgIpc) is 3.43. The number of piperidine rings is 1. The van der Waals surface area contributed by atoms with Crippen molar-refractivity contribution in [2.75, 3.05) is 40.4 Å². The monoisotopic (exact) mass is 495 g/mol. The maximum atomic E-state index is 13.1. The first-order chi connectivity index (χ1) is 15.7. The molecule has 4 rings (SSSR count). The number of carbonyl (C=O) groups is 1. The fourth-order valence-electron chi connectivity index (χ4n) is 4.61. The Morgan fingerprint density at radius 2 is 1.85 bits per heavy atom. The molecule has 3 heterocycles. The van der Waals surface area contributed by atoms with Crippen molar-refractivity contribution in [1.82, 2.24) is 9.21 Å². The lowest BCUT2D eigenvalue weighted by molar-refractivity contribution is -0.381. The van der Waals surface area contributed by atoms with Gasteiger partial charge in [-0.3, -0.25) is 14.9 Å². The lowest BCUT2D eigenvalue weighted by atomic mass is 9.78. The van der Waals surface area contributed by atoms with E-state index < -0.39 is 14.9 Å². The van der Waals surface area contributed by atoms with Gasteiger partial charge in [0.1, 0.15) is 5.75 Å². The highest BCUT2D eigenvalue weighted by atomic mass is 32.2. The molecule has 1 spiro atoms. The van der Waals surface area contributed by atoms with E-state index in [-0.39, 0.29) is 32.5 Å². The van der Waals surface area contributed by atoms with E-state index in [1.165, 1.54) is 30.0 Å². The number of thiophene rings is 1.